The Bertz CT molecular complexity index is 1340. The van der Waals surface area contributed by atoms with Gasteiger partial charge in [0.15, 0.2) is 0 Å². The van der Waals surface area contributed by atoms with Crippen molar-refractivity contribution in [3.05, 3.63) is 114 Å². The third-order valence-corrected chi connectivity index (χ3v) is 7.21. The average molecular weight is 541 g/mol. The summed E-state index contributed by atoms with van der Waals surface area (Å²) in [7, 11) is 1.59. The van der Waals surface area contributed by atoms with E-state index in [0.29, 0.717) is 29.3 Å². The summed E-state index contributed by atoms with van der Waals surface area (Å²) in [5.41, 5.74) is 2.81. The minimum atomic E-state index is -0.466. The summed E-state index contributed by atoms with van der Waals surface area (Å²) in [6.45, 7) is 2.80. The first kappa shape index (κ1) is 27.8. The van der Waals surface area contributed by atoms with Gasteiger partial charge >= 0.3 is 0 Å². The molecular weight excluding hydrogens is 508 g/mol. The van der Waals surface area contributed by atoms with Gasteiger partial charge in [-0.1, -0.05) is 43.7 Å². The molecule has 6 nitrogen and oxygen atoms in total. The number of hydrogen-bond acceptors (Lipinski definition) is 5. The Morgan fingerprint density at radius 3 is 2.03 bits per heavy atom. The zero-order valence-corrected chi connectivity index (χ0v) is 22.9. The maximum absolute atomic E-state index is 13.4. The highest BCUT2D eigenvalue weighted by atomic mass is 32.2. The molecule has 0 aliphatic rings. The van der Waals surface area contributed by atoms with E-state index in [2.05, 4.69) is 17.6 Å². The van der Waals surface area contributed by atoms with Gasteiger partial charge in [0, 0.05) is 21.8 Å². The number of hydrogen-bond donors (Lipinski definition) is 2. The molecule has 0 saturated carbocycles. The van der Waals surface area contributed by atoms with Crippen molar-refractivity contribution in [1.82, 2.24) is 0 Å². The van der Waals surface area contributed by atoms with Crippen molar-refractivity contribution in [2.45, 2.75) is 29.9 Å². The standard InChI is InChI=1S/C32H32N2O4S/c1-3-4-22-38-28-18-12-25(13-19-28)34-32(36)30(23-8-6-5-7-9-23)39-29-20-14-26(15-21-29)33-31(35)24-10-16-27(37-2)17-11-24/h5-21,30H,3-4,22H2,1-2H3,(H,33,35)(H,34,36). The second kappa shape index (κ2) is 14.1. The molecule has 4 aromatic rings. The molecule has 0 aromatic heterocycles. The number of carbonyl (C=O) groups is 2. The monoisotopic (exact) mass is 540 g/mol. The lowest BCUT2D eigenvalue weighted by atomic mass is 10.1. The van der Waals surface area contributed by atoms with Gasteiger partial charge in [-0.2, -0.15) is 0 Å². The smallest absolute Gasteiger partial charge is 0.255 e. The van der Waals surface area contributed by atoms with E-state index in [-0.39, 0.29) is 11.8 Å². The highest BCUT2D eigenvalue weighted by molar-refractivity contribution is 8.00. The van der Waals surface area contributed by atoms with Crippen molar-refractivity contribution in [3.63, 3.8) is 0 Å². The highest BCUT2D eigenvalue weighted by Gasteiger charge is 2.22. The molecule has 1 unspecified atom stereocenters. The lowest BCUT2D eigenvalue weighted by Crippen LogP contribution is -2.19. The quantitative estimate of drug-likeness (QED) is 0.143. The lowest BCUT2D eigenvalue weighted by Gasteiger charge is -2.18. The number of methoxy groups -OCH3 is 1. The second-order valence-electron chi connectivity index (χ2n) is 8.83. The fraction of sp³-hybridized carbons (Fsp3) is 0.188. The number of unbranched alkanes of at least 4 members (excludes halogenated alkanes) is 1. The van der Waals surface area contributed by atoms with E-state index in [1.165, 1.54) is 11.8 Å². The van der Waals surface area contributed by atoms with Crippen molar-refractivity contribution in [1.29, 1.82) is 0 Å². The number of benzene rings is 4. The van der Waals surface area contributed by atoms with Gasteiger partial charge in [-0.3, -0.25) is 9.59 Å². The molecule has 0 aliphatic carbocycles. The Kier molecular flexibility index (Phi) is 10.0. The summed E-state index contributed by atoms with van der Waals surface area (Å²) in [5, 5.41) is 5.48. The number of ether oxygens (including phenoxy) is 2. The van der Waals surface area contributed by atoms with Crippen LogP contribution < -0.4 is 20.1 Å². The minimum absolute atomic E-state index is 0.122. The van der Waals surface area contributed by atoms with Crippen LogP contribution in [0.5, 0.6) is 11.5 Å². The zero-order chi connectivity index (χ0) is 27.5. The number of thioether (sulfide) groups is 1. The maximum Gasteiger partial charge on any atom is 0.255 e. The van der Waals surface area contributed by atoms with Crippen LogP contribution in [0.2, 0.25) is 0 Å². The normalized spacial score (nSPS) is 11.3. The van der Waals surface area contributed by atoms with Crippen LogP contribution in [0.15, 0.2) is 108 Å². The molecule has 2 amide bonds. The summed E-state index contributed by atoms with van der Waals surface area (Å²) in [5.74, 6) is 1.15. The SMILES string of the molecule is CCCCOc1ccc(NC(=O)C(Sc2ccc(NC(=O)c3ccc(OC)cc3)cc2)c2ccccc2)cc1. The number of nitrogens with one attached hydrogen (secondary N) is 2. The second-order valence-corrected chi connectivity index (χ2v) is 10.0. The first-order valence-electron chi connectivity index (χ1n) is 12.9. The Balaban J connectivity index is 1.42. The first-order valence-corrected chi connectivity index (χ1v) is 13.7. The van der Waals surface area contributed by atoms with Crippen LogP contribution in [-0.4, -0.2) is 25.5 Å². The van der Waals surface area contributed by atoms with Gasteiger partial charge < -0.3 is 20.1 Å². The number of rotatable bonds is 12. The van der Waals surface area contributed by atoms with E-state index >= 15 is 0 Å². The molecule has 0 spiro atoms. The van der Waals surface area contributed by atoms with Crippen molar-refractivity contribution < 1.29 is 19.1 Å². The molecule has 39 heavy (non-hydrogen) atoms. The van der Waals surface area contributed by atoms with Gasteiger partial charge in [0.25, 0.3) is 5.91 Å². The summed E-state index contributed by atoms with van der Waals surface area (Å²) in [4.78, 5) is 26.9. The zero-order valence-electron chi connectivity index (χ0n) is 22.1. The predicted octanol–water partition coefficient (Wildman–Crippen LogP) is 7.60. The highest BCUT2D eigenvalue weighted by Crippen LogP contribution is 2.37. The average Bonchev–Trinajstić information content (AvgIpc) is 2.98. The first-order chi connectivity index (χ1) is 19.1. The van der Waals surface area contributed by atoms with Gasteiger partial charge in [-0.05, 0) is 84.8 Å². The van der Waals surface area contributed by atoms with Gasteiger partial charge in [-0.15, -0.1) is 11.8 Å². The number of amides is 2. The molecule has 0 saturated heterocycles. The molecule has 4 aromatic carbocycles. The van der Waals surface area contributed by atoms with Crippen LogP contribution in [0.3, 0.4) is 0 Å². The topological polar surface area (TPSA) is 76.7 Å². The van der Waals surface area contributed by atoms with E-state index in [0.717, 1.165) is 29.1 Å². The molecule has 0 heterocycles. The van der Waals surface area contributed by atoms with E-state index in [9.17, 15) is 9.59 Å². The molecule has 0 aliphatic heterocycles. The third-order valence-electron chi connectivity index (χ3n) is 5.95. The van der Waals surface area contributed by atoms with Crippen molar-refractivity contribution in [2.75, 3.05) is 24.4 Å². The fourth-order valence-electron chi connectivity index (χ4n) is 3.78. The van der Waals surface area contributed by atoms with E-state index in [1.54, 1.807) is 31.4 Å². The maximum atomic E-state index is 13.4. The summed E-state index contributed by atoms with van der Waals surface area (Å²) < 4.78 is 10.9. The Morgan fingerprint density at radius 2 is 1.38 bits per heavy atom. The molecule has 4 rings (SSSR count). The molecule has 2 N–H and O–H groups in total. The predicted molar refractivity (Wildman–Crippen MR) is 158 cm³/mol. The van der Waals surface area contributed by atoms with Crippen LogP contribution in [0.4, 0.5) is 11.4 Å². The molecule has 0 bridgehead atoms. The van der Waals surface area contributed by atoms with Crippen LogP contribution in [0.25, 0.3) is 0 Å². The van der Waals surface area contributed by atoms with E-state index < -0.39 is 5.25 Å². The lowest BCUT2D eigenvalue weighted by molar-refractivity contribution is -0.115. The third kappa shape index (κ3) is 8.12. The van der Waals surface area contributed by atoms with E-state index in [4.69, 9.17) is 9.47 Å². The van der Waals surface area contributed by atoms with Crippen molar-refractivity contribution in [2.24, 2.45) is 0 Å². The van der Waals surface area contributed by atoms with Crippen LogP contribution in [0.1, 0.15) is 40.9 Å². The van der Waals surface area contributed by atoms with Gasteiger partial charge in [0.2, 0.25) is 5.91 Å². The fourth-order valence-corrected chi connectivity index (χ4v) is 4.80. The van der Waals surface area contributed by atoms with Gasteiger partial charge in [-0.25, -0.2) is 0 Å². The molecule has 7 heteroatoms. The molecule has 0 radical (unpaired) electrons. The van der Waals surface area contributed by atoms with Crippen molar-refractivity contribution in [3.8, 4) is 11.5 Å². The molecular formula is C32H32N2O4S. The minimum Gasteiger partial charge on any atom is -0.497 e. The Hall–Kier alpha value is -4.23. The Morgan fingerprint density at radius 1 is 0.769 bits per heavy atom. The van der Waals surface area contributed by atoms with Crippen molar-refractivity contribution >= 4 is 35.0 Å². The number of anilines is 2. The summed E-state index contributed by atoms with van der Waals surface area (Å²) in [6.07, 6.45) is 2.08. The molecule has 0 fully saturated rings. The molecule has 200 valence electrons. The summed E-state index contributed by atoms with van der Waals surface area (Å²) in [6, 6.07) is 31.5. The summed E-state index contributed by atoms with van der Waals surface area (Å²) >= 11 is 1.45. The van der Waals surface area contributed by atoms with E-state index in [1.807, 2.05) is 78.9 Å². The van der Waals surface area contributed by atoms with Gasteiger partial charge in [0.1, 0.15) is 16.7 Å². The van der Waals surface area contributed by atoms with Crippen LogP contribution in [0, 0.1) is 0 Å². The number of carbonyl (C=O) groups excluding carboxylic acids is 2. The van der Waals surface area contributed by atoms with Gasteiger partial charge in [0.05, 0.1) is 13.7 Å². The van der Waals surface area contributed by atoms with Crippen LogP contribution in [-0.2, 0) is 4.79 Å². The molecule has 1 atom stereocenters. The van der Waals surface area contributed by atoms with Crippen LogP contribution >= 0.6 is 11.8 Å². The Labute approximate surface area is 233 Å². The largest absolute Gasteiger partial charge is 0.497 e.